The van der Waals surface area contributed by atoms with E-state index in [9.17, 15) is 9.18 Å². The van der Waals surface area contributed by atoms with Crippen LogP contribution in [0.25, 0.3) is 0 Å². The lowest BCUT2D eigenvalue weighted by Gasteiger charge is -2.06. The first-order chi connectivity index (χ1) is 8.15. The Morgan fingerprint density at radius 3 is 3.00 bits per heavy atom. The van der Waals surface area contributed by atoms with Gasteiger partial charge in [0.25, 0.3) is 5.91 Å². The van der Waals surface area contributed by atoms with Gasteiger partial charge in [0.2, 0.25) is 0 Å². The molecule has 1 N–H and O–H groups in total. The van der Waals surface area contributed by atoms with E-state index < -0.39 is 0 Å². The molecule has 1 aromatic rings. The number of hydrogen-bond donors (Lipinski definition) is 1. The average molecular weight is 237 g/mol. The Bertz CT molecular complexity index is 404. The molecule has 0 aliphatic heterocycles. The Balaban J connectivity index is 2.41. The van der Waals surface area contributed by atoms with Crippen molar-refractivity contribution in [3.05, 3.63) is 48.0 Å². The number of ether oxygens (including phenoxy) is 1. The van der Waals surface area contributed by atoms with Crippen molar-refractivity contribution >= 4 is 5.91 Å². The zero-order valence-electron chi connectivity index (χ0n) is 9.83. The van der Waals surface area contributed by atoms with E-state index in [0.717, 1.165) is 0 Å². The predicted octanol–water partition coefficient (Wildman–Crippen LogP) is 2.41. The lowest BCUT2D eigenvalue weighted by atomic mass is 10.1. The molecule has 0 atom stereocenters. The van der Waals surface area contributed by atoms with Gasteiger partial charge >= 0.3 is 0 Å². The molecule has 0 radical (unpaired) electrons. The highest BCUT2D eigenvalue weighted by molar-refractivity contribution is 5.94. The van der Waals surface area contributed by atoms with E-state index >= 15 is 0 Å². The molecule has 0 bridgehead atoms. The van der Waals surface area contributed by atoms with E-state index in [0.29, 0.717) is 30.7 Å². The number of carbonyl (C=O) groups is 1. The fourth-order valence-electron chi connectivity index (χ4n) is 1.33. The van der Waals surface area contributed by atoms with Gasteiger partial charge in [-0.15, -0.1) is 0 Å². The molecule has 4 heteroatoms. The van der Waals surface area contributed by atoms with Crippen LogP contribution in [0.1, 0.15) is 22.3 Å². The minimum absolute atomic E-state index is 0.202. The fourth-order valence-corrected chi connectivity index (χ4v) is 1.33. The quantitative estimate of drug-likeness (QED) is 0.609. The Kier molecular flexibility index (Phi) is 5.20. The first kappa shape index (κ1) is 13.2. The SMILES string of the molecule is C=COCCCNC(=O)c1ccc(F)c(C)c1. The highest BCUT2D eigenvalue weighted by Crippen LogP contribution is 2.08. The topological polar surface area (TPSA) is 38.3 Å². The molecule has 1 aromatic carbocycles. The second-order valence-corrected chi connectivity index (χ2v) is 3.61. The Morgan fingerprint density at radius 1 is 1.59 bits per heavy atom. The number of amides is 1. The summed E-state index contributed by atoms with van der Waals surface area (Å²) in [4.78, 5) is 11.6. The number of carbonyl (C=O) groups excluding carboxylic acids is 1. The van der Waals surface area contributed by atoms with Gasteiger partial charge in [-0.25, -0.2) is 4.39 Å². The van der Waals surface area contributed by atoms with E-state index in [1.807, 2.05) is 0 Å². The van der Waals surface area contributed by atoms with Crippen LogP contribution in [-0.4, -0.2) is 19.1 Å². The Morgan fingerprint density at radius 2 is 2.35 bits per heavy atom. The van der Waals surface area contributed by atoms with Crippen LogP contribution in [0.5, 0.6) is 0 Å². The fraction of sp³-hybridized carbons (Fsp3) is 0.308. The van der Waals surface area contributed by atoms with E-state index in [-0.39, 0.29) is 11.7 Å². The van der Waals surface area contributed by atoms with Gasteiger partial charge in [-0.3, -0.25) is 4.79 Å². The van der Waals surface area contributed by atoms with Crippen LogP contribution < -0.4 is 5.32 Å². The molecule has 1 rings (SSSR count). The van der Waals surface area contributed by atoms with Crippen LogP contribution >= 0.6 is 0 Å². The lowest BCUT2D eigenvalue weighted by molar-refractivity contribution is 0.0950. The van der Waals surface area contributed by atoms with Crippen molar-refractivity contribution in [2.45, 2.75) is 13.3 Å². The summed E-state index contributed by atoms with van der Waals surface area (Å²) in [5.74, 6) is -0.507. The summed E-state index contributed by atoms with van der Waals surface area (Å²) in [6, 6.07) is 4.30. The van der Waals surface area contributed by atoms with Crippen LogP contribution in [0.15, 0.2) is 31.0 Å². The predicted molar refractivity (Wildman–Crippen MR) is 64.2 cm³/mol. The molecule has 0 unspecified atom stereocenters. The monoisotopic (exact) mass is 237 g/mol. The van der Waals surface area contributed by atoms with Crippen molar-refractivity contribution in [1.29, 1.82) is 0 Å². The summed E-state index contributed by atoms with van der Waals surface area (Å²) in [5, 5.41) is 2.73. The highest BCUT2D eigenvalue weighted by Gasteiger charge is 2.06. The second-order valence-electron chi connectivity index (χ2n) is 3.61. The third-order valence-electron chi connectivity index (χ3n) is 2.26. The molecular weight excluding hydrogens is 221 g/mol. The maximum absolute atomic E-state index is 13.0. The summed E-state index contributed by atoms with van der Waals surface area (Å²) in [6.07, 6.45) is 2.07. The lowest BCUT2D eigenvalue weighted by Crippen LogP contribution is -2.25. The van der Waals surface area contributed by atoms with Crippen LogP contribution in [0.3, 0.4) is 0 Å². The van der Waals surface area contributed by atoms with Gasteiger partial charge in [0, 0.05) is 12.1 Å². The zero-order valence-corrected chi connectivity index (χ0v) is 9.83. The largest absolute Gasteiger partial charge is 0.502 e. The van der Waals surface area contributed by atoms with Crippen molar-refractivity contribution in [2.75, 3.05) is 13.2 Å². The maximum atomic E-state index is 13.0. The smallest absolute Gasteiger partial charge is 0.251 e. The Hall–Kier alpha value is -1.84. The van der Waals surface area contributed by atoms with Crippen LogP contribution in [0, 0.1) is 12.7 Å². The van der Waals surface area contributed by atoms with Gasteiger partial charge in [-0.2, -0.15) is 0 Å². The van der Waals surface area contributed by atoms with Crippen molar-refractivity contribution in [1.82, 2.24) is 5.32 Å². The Labute approximate surface area is 100 Å². The van der Waals surface area contributed by atoms with E-state index in [1.54, 1.807) is 6.92 Å². The normalized spacial score (nSPS) is 9.76. The van der Waals surface area contributed by atoms with E-state index in [1.165, 1.54) is 24.5 Å². The summed E-state index contributed by atoms with van der Waals surface area (Å²) >= 11 is 0. The van der Waals surface area contributed by atoms with Gasteiger partial charge in [-0.1, -0.05) is 6.58 Å². The number of benzene rings is 1. The van der Waals surface area contributed by atoms with Gasteiger partial charge in [0.15, 0.2) is 0 Å². The molecule has 1 amide bonds. The number of aryl methyl sites for hydroxylation is 1. The second kappa shape index (κ2) is 6.68. The van der Waals surface area contributed by atoms with Gasteiger partial charge < -0.3 is 10.1 Å². The number of hydrogen-bond acceptors (Lipinski definition) is 2. The molecule has 0 saturated heterocycles. The van der Waals surface area contributed by atoms with Crippen LogP contribution in [0.4, 0.5) is 4.39 Å². The summed E-state index contributed by atoms with van der Waals surface area (Å²) < 4.78 is 17.9. The van der Waals surface area contributed by atoms with Crippen molar-refractivity contribution < 1.29 is 13.9 Å². The minimum Gasteiger partial charge on any atom is -0.502 e. The first-order valence-corrected chi connectivity index (χ1v) is 5.42. The molecule has 0 aliphatic carbocycles. The van der Waals surface area contributed by atoms with Crippen molar-refractivity contribution in [3.8, 4) is 0 Å². The number of rotatable bonds is 6. The molecule has 0 fully saturated rings. The van der Waals surface area contributed by atoms with Gasteiger partial charge in [-0.05, 0) is 37.1 Å². The standard InChI is InChI=1S/C13H16FNO2/c1-3-17-8-4-7-15-13(16)11-5-6-12(14)10(2)9-11/h3,5-6,9H,1,4,7-8H2,2H3,(H,15,16). The summed E-state index contributed by atoms with van der Waals surface area (Å²) in [6.45, 7) is 6.08. The first-order valence-electron chi connectivity index (χ1n) is 5.42. The van der Waals surface area contributed by atoms with Gasteiger partial charge in [0.1, 0.15) is 5.82 Å². The van der Waals surface area contributed by atoms with Crippen molar-refractivity contribution in [3.63, 3.8) is 0 Å². The van der Waals surface area contributed by atoms with Crippen molar-refractivity contribution in [2.24, 2.45) is 0 Å². The van der Waals surface area contributed by atoms with E-state index in [2.05, 4.69) is 11.9 Å². The van der Waals surface area contributed by atoms with Gasteiger partial charge in [0.05, 0.1) is 12.9 Å². The molecule has 0 heterocycles. The zero-order chi connectivity index (χ0) is 12.7. The molecule has 0 saturated carbocycles. The van der Waals surface area contributed by atoms with Crippen LogP contribution in [0.2, 0.25) is 0 Å². The molecule has 92 valence electrons. The molecule has 0 spiro atoms. The maximum Gasteiger partial charge on any atom is 0.251 e. The van der Waals surface area contributed by atoms with Crippen LogP contribution in [-0.2, 0) is 4.74 Å². The van der Waals surface area contributed by atoms with E-state index in [4.69, 9.17) is 4.74 Å². The molecule has 3 nitrogen and oxygen atoms in total. The molecule has 0 aliphatic rings. The number of halogens is 1. The number of nitrogens with one attached hydrogen (secondary N) is 1. The third-order valence-corrected chi connectivity index (χ3v) is 2.26. The minimum atomic E-state index is -0.305. The molecule has 0 aromatic heterocycles. The highest BCUT2D eigenvalue weighted by atomic mass is 19.1. The molecule has 17 heavy (non-hydrogen) atoms. The summed E-state index contributed by atoms with van der Waals surface area (Å²) in [7, 11) is 0. The average Bonchev–Trinajstić information content (AvgIpc) is 2.32. The molecular formula is C13H16FNO2. The summed E-state index contributed by atoms with van der Waals surface area (Å²) in [5.41, 5.74) is 0.932. The third kappa shape index (κ3) is 4.26.